The maximum atomic E-state index is 10.0. The zero-order valence-corrected chi connectivity index (χ0v) is 8.02. The van der Waals surface area contributed by atoms with Gasteiger partial charge in [0.25, 0.3) is 0 Å². The number of ketones is 2. The van der Waals surface area contributed by atoms with Crippen LogP contribution in [-0.4, -0.2) is 46.6 Å². The van der Waals surface area contributed by atoms with E-state index in [4.69, 9.17) is 0 Å². The molecular weight excluding hydrogens is 131 g/mol. The minimum atomic E-state index is -0.0625. The summed E-state index contributed by atoms with van der Waals surface area (Å²) in [5, 5.41) is 0. The summed E-state index contributed by atoms with van der Waals surface area (Å²) in [5.41, 5.74) is 0. The number of carbonyl (C=O) groups is 2. The fraction of sp³-hybridized carbons (Fsp3) is 0.600. The van der Waals surface area contributed by atoms with E-state index in [-0.39, 0.29) is 53.0 Å². The Hall–Kier alpha value is 0.300. The third kappa shape index (κ3) is 17.8. The molecule has 0 aromatic heterocycles. The molecule has 0 heterocycles. The van der Waals surface area contributed by atoms with Gasteiger partial charge in [0.2, 0.25) is 0 Å². The van der Waals surface area contributed by atoms with Crippen LogP contribution in [0.1, 0.15) is 20.3 Å². The molecule has 0 bridgehead atoms. The second-order valence-corrected chi connectivity index (χ2v) is 1.58. The van der Waals surface area contributed by atoms with Crippen LogP contribution in [0.15, 0.2) is 0 Å². The topological polar surface area (TPSA) is 65.6 Å². The zero-order chi connectivity index (χ0) is 5.86. The van der Waals surface area contributed by atoms with E-state index >= 15 is 0 Å². The van der Waals surface area contributed by atoms with Crippen molar-refractivity contribution in [2.24, 2.45) is 0 Å². The smallest absolute Gasteiger partial charge is 0.137 e. The van der Waals surface area contributed by atoms with Crippen molar-refractivity contribution in [2.45, 2.75) is 20.3 Å². The molecule has 49 valence electrons. The van der Waals surface area contributed by atoms with Crippen molar-refractivity contribution < 1.29 is 15.1 Å². The summed E-state index contributed by atoms with van der Waals surface area (Å²) in [4.78, 5) is 20.1. The average molecular weight is 141 g/mol. The van der Waals surface area contributed by atoms with Gasteiger partial charge in [0.1, 0.15) is 11.6 Å². The largest absolute Gasteiger partial charge is 0.412 e. The average Bonchev–Trinajstić information content (AvgIpc) is 1.27. The van der Waals surface area contributed by atoms with Gasteiger partial charge in [-0.25, -0.2) is 0 Å². The molecule has 0 aliphatic heterocycles. The molecule has 1 radical (unpaired) electrons. The summed E-state index contributed by atoms with van der Waals surface area (Å²) in [5.74, 6) is -0.125. The van der Waals surface area contributed by atoms with Gasteiger partial charge in [-0.1, -0.05) is 0 Å². The Morgan fingerprint density at radius 3 is 1.33 bits per heavy atom. The van der Waals surface area contributed by atoms with Crippen molar-refractivity contribution in [1.82, 2.24) is 0 Å². The van der Waals surface area contributed by atoms with E-state index in [1.807, 2.05) is 0 Å². The molecule has 0 rings (SSSR count). The van der Waals surface area contributed by atoms with E-state index in [1.54, 1.807) is 0 Å². The van der Waals surface area contributed by atoms with Crippen molar-refractivity contribution in [3.63, 3.8) is 0 Å². The first kappa shape index (κ1) is 16.1. The van der Waals surface area contributed by atoms with Crippen LogP contribution >= 0.6 is 0 Å². The Labute approximate surface area is 76.4 Å². The molecule has 3 nitrogen and oxygen atoms in total. The van der Waals surface area contributed by atoms with Crippen molar-refractivity contribution in [3.8, 4) is 0 Å². The number of Topliss-reactive ketones (excluding diaryl/α,β-unsaturated/α-hetero) is 2. The second kappa shape index (κ2) is 8.30. The predicted molar refractivity (Wildman–Crippen MR) is 35.3 cm³/mol. The van der Waals surface area contributed by atoms with Gasteiger partial charge < -0.3 is 5.48 Å². The van der Waals surface area contributed by atoms with Gasteiger partial charge in [0.05, 0.1) is 6.42 Å². The molecule has 0 fully saturated rings. The van der Waals surface area contributed by atoms with Gasteiger partial charge in [-0.3, -0.25) is 9.59 Å². The van der Waals surface area contributed by atoms with Crippen LogP contribution < -0.4 is 0 Å². The molecule has 0 aliphatic rings. The van der Waals surface area contributed by atoms with Gasteiger partial charge >= 0.3 is 0 Å². The fourth-order valence-corrected chi connectivity index (χ4v) is 0.351. The minimum Gasteiger partial charge on any atom is -0.412 e. The van der Waals surface area contributed by atoms with Crippen LogP contribution in [0.2, 0.25) is 0 Å². The van der Waals surface area contributed by atoms with Crippen LogP contribution in [0.3, 0.4) is 0 Å². The van der Waals surface area contributed by atoms with Crippen molar-refractivity contribution in [3.05, 3.63) is 0 Å². The monoisotopic (exact) mass is 141 g/mol. The normalized spacial score (nSPS) is 6.44. The second-order valence-electron chi connectivity index (χ2n) is 1.58. The zero-order valence-electron chi connectivity index (χ0n) is 6.02. The summed E-state index contributed by atoms with van der Waals surface area (Å²) >= 11 is 0. The molecule has 0 saturated carbocycles. The van der Waals surface area contributed by atoms with Crippen LogP contribution in [0.4, 0.5) is 0 Å². The SMILES string of the molecule is CC(=O)CC(C)=O.O.[Na]. The minimum absolute atomic E-state index is 0. The molecule has 0 saturated heterocycles. The molecule has 9 heavy (non-hydrogen) atoms. The van der Waals surface area contributed by atoms with E-state index in [1.165, 1.54) is 13.8 Å². The van der Waals surface area contributed by atoms with Crippen LogP contribution in [0.5, 0.6) is 0 Å². The van der Waals surface area contributed by atoms with Crippen molar-refractivity contribution in [2.75, 3.05) is 0 Å². The number of hydrogen-bond acceptors (Lipinski definition) is 2. The fourth-order valence-electron chi connectivity index (χ4n) is 0.351. The number of carbonyl (C=O) groups excluding carboxylic acids is 2. The Morgan fingerprint density at radius 2 is 1.33 bits per heavy atom. The molecule has 0 atom stereocenters. The number of hydrogen-bond donors (Lipinski definition) is 0. The Balaban J connectivity index is -0.000000180. The Bertz CT molecular complexity index is 88.4. The quantitative estimate of drug-likeness (QED) is 0.379. The van der Waals surface area contributed by atoms with Crippen molar-refractivity contribution >= 4 is 41.1 Å². The Morgan fingerprint density at radius 1 is 1.11 bits per heavy atom. The van der Waals surface area contributed by atoms with E-state index in [2.05, 4.69) is 0 Å². The van der Waals surface area contributed by atoms with Gasteiger partial charge in [-0.05, 0) is 13.8 Å². The summed E-state index contributed by atoms with van der Waals surface area (Å²) < 4.78 is 0. The molecule has 0 aromatic carbocycles. The van der Waals surface area contributed by atoms with Crippen LogP contribution in [0.25, 0.3) is 0 Å². The first-order chi connectivity index (χ1) is 3.13. The number of rotatable bonds is 2. The van der Waals surface area contributed by atoms with Gasteiger partial charge in [0, 0.05) is 29.6 Å². The summed E-state index contributed by atoms with van der Waals surface area (Å²) in [6.45, 7) is 2.81. The summed E-state index contributed by atoms with van der Waals surface area (Å²) in [6, 6.07) is 0. The molecule has 0 amide bonds. The summed E-state index contributed by atoms with van der Waals surface area (Å²) in [6.07, 6.45) is 0.0833. The third-order valence-electron chi connectivity index (χ3n) is 0.498. The van der Waals surface area contributed by atoms with Crippen LogP contribution in [0, 0.1) is 0 Å². The van der Waals surface area contributed by atoms with E-state index in [0.717, 1.165) is 0 Å². The van der Waals surface area contributed by atoms with E-state index in [9.17, 15) is 9.59 Å². The van der Waals surface area contributed by atoms with E-state index < -0.39 is 0 Å². The van der Waals surface area contributed by atoms with Gasteiger partial charge in [-0.15, -0.1) is 0 Å². The molecule has 0 spiro atoms. The van der Waals surface area contributed by atoms with Crippen LogP contribution in [-0.2, 0) is 9.59 Å². The maximum absolute atomic E-state index is 10.0. The molecule has 2 N–H and O–H groups in total. The molecule has 0 aliphatic carbocycles. The first-order valence-electron chi connectivity index (χ1n) is 2.12. The Kier molecular flexibility index (Phi) is 14.9. The maximum Gasteiger partial charge on any atom is 0.137 e. The standard InChI is InChI=1S/C5H8O2.Na.H2O/c1-4(6)3-5(2)7;;/h3H2,1-2H3;;1H2. The summed E-state index contributed by atoms with van der Waals surface area (Å²) in [7, 11) is 0. The molecular formula is C5H10NaO3. The molecule has 4 heteroatoms. The van der Waals surface area contributed by atoms with Gasteiger partial charge in [0.15, 0.2) is 0 Å². The third-order valence-corrected chi connectivity index (χ3v) is 0.498. The van der Waals surface area contributed by atoms with Crippen molar-refractivity contribution in [1.29, 1.82) is 0 Å². The van der Waals surface area contributed by atoms with E-state index in [0.29, 0.717) is 0 Å². The first-order valence-corrected chi connectivity index (χ1v) is 2.12. The molecule has 0 aromatic rings. The molecule has 0 unspecified atom stereocenters. The van der Waals surface area contributed by atoms with Gasteiger partial charge in [-0.2, -0.15) is 0 Å². The predicted octanol–water partition coefficient (Wildman–Crippen LogP) is -0.651.